The fraction of sp³-hybridized carbons (Fsp3) is 0.966. The van der Waals surface area contributed by atoms with E-state index in [-0.39, 0.29) is 34.4 Å². The van der Waals surface area contributed by atoms with E-state index in [1.54, 1.807) is 0 Å². The van der Waals surface area contributed by atoms with Crippen LogP contribution in [0.1, 0.15) is 92.9 Å². The van der Waals surface area contributed by atoms with Crippen LogP contribution in [0.25, 0.3) is 0 Å². The molecule has 0 aromatic carbocycles. The largest absolute Gasteiger partial charge is 0.390 e. The topological polar surface area (TPSA) is 98.0 Å². The highest BCUT2D eigenvalue weighted by Gasteiger charge is 2.63. The molecule has 4 saturated carbocycles. The number of Topliss-reactive ketones (excluding diaryl/α,β-unsaturated/α-hetero) is 1. The standard InChI is InChI=1S/C29H50O5/c1-7-17(15(2)3)27(34)26(33)16(4)19-8-9-20-18-12-23(30)22-13-24(31)25(32)14-29(22,6)21(18)10-11-28(19,20)5/h15-22,24-27,31-34H,7-14H2,1-6H3/t16-,17-,18?,19+,20?,21?,22?,24-,25+,26+,27+,28+,29+/m0/s1. The van der Waals surface area contributed by atoms with Crippen LogP contribution in [0.5, 0.6) is 0 Å². The highest BCUT2D eigenvalue weighted by atomic mass is 16.3. The summed E-state index contributed by atoms with van der Waals surface area (Å²) >= 11 is 0. The summed E-state index contributed by atoms with van der Waals surface area (Å²) in [6.07, 6.45) is 3.69. The predicted octanol–water partition coefficient (Wildman–Crippen LogP) is 4.20. The van der Waals surface area contributed by atoms with Crippen LogP contribution in [0.3, 0.4) is 0 Å². The number of fused-ring (bicyclic) bond motifs is 5. The van der Waals surface area contributed by atoms with E-state index in [2.05, 4.69) is 41.5 Å². The quantitative estimate of drug-likeness (QED) is 0.459. The summed E-state index contributed by atoms with van der Waals surface area (Å²) in [5.74, 6) is 2.12. The molecule has 0 spiro atoms. The highest BCUT2D eigenvalue weighted by Crippen LogP contribution is 2.67. The second-order valence-electron chi connectivity index (χ2n) is 13.6. The number of carbonyl (C=O) groups excluding carboxylic acids is 1. The molecule has 196 valence electrons. The first-order valence-corrected chi connectivity index (χ1v) is 14.1. The lowest BCUT2D eigenvalue weighted by molar-refractivity contribution is -0.175. The molecule has 13 atom stereocenters. The molecule has 4 N–H and O–H groups in total. The molecule has 0 aromatic heterocycles. The van der Waals surface area contributed by atoms with E-state index >= 15 is 0 Å². The average Bonchev–Trinajstić information content (AvgIpc) is 3.12. The SMILES string of the molecule is CC[C@@H](C(C)C)[C@@H](O)[C@H](O)[C@@H](C)[C@H]1CCC2C3CC(=O)C4C[C@H](O)[C@H](O)C[C@]4(C)C3CC[C@@]21C. The van der Waals surface area contributed by atoms with E-state index in [9.17, 15) is 25.2 Å². The zero-order valence-electron chi connectivity index (χ0n) is 22.3. The van der Waals surface area contributed by atoms with Crippen LogP contribution in [0, 0.1) is 58.2 Å². The van der Waals surface area contributed by atoms with Gasteiger partial charge in [-0.05, 0) is 90.8 Å². The van der Waals surface area contributed by atoms with Gasteiger partial charge in [0.15, 0.2) is 0 Å². The Balaban J connectivity index is 1.55. The molecule has 4 fully saturated rings. The van der Waals surface area contributed by atoms with Crippen LogP contribution < -0.4 is 0 Å². The van der Waals surface area contributed by atoms with E-state index in [1.165, 1.54) is 0 Å². The van der Waals surface area contributed by atoms with Gasteiger partial charge in [0.2, 0.25) is 0 Å². The van der Waals surface area contributed by atoms with Crippen molar-refractivity contribution in [2.24, 2.45) is 58.2 Å². The molecule has 4 aliphatic carbocycles. The molecule has 0 aliphatic heterocycles. The minimum atomic E-state index is -0.783. The summed E-state index contributed by atoms with van der Waals surface area (Å²) in [4.78, 5) is 13.4. The Bertz CT molecular complexity index is 753. The number of rotatable bonds is 6. The molecular weight excluding hydrogens is 428 g/mol. The van der Waals surface area contributed by atoms with E-state index in [0.29, 0.717) is 48.9 Å². The highest BCUT2D eigenvalue weighted by molar-refractivity contribution is 5.83. The van der Waals surface area contributed by atoms with E-state index in [4.69, 9.17) is 0 Å². The number of carbonyl (C=O) groups is 1. The van der Waals surface area contributed by atoms with Crippen molar-refractivity contribution in [1.82, 2.24) is 0 Å². The first kappa shape index (κ1) is 26.6. The molecular formula is C29H50O5. The van der Waals surface area contributed by atoms with E-state index in [1.807, 2.05) is 0 Å². The second kappa shape index (κ2) is 9.43. The Morgan fingerprint density at radius 2 is 1.59 bits per heavy atom. The van der Waals surface area contributed by atoms with Gasteiger partial charge in [-0.2, -0.15) is 0 Å². The van der Waals surface area contributed by atoms with Crippen molar-refractivity contribution in [3.63, 3.8) is 0 Å². The van der Waals surface area contributed by atoms with Crippen LogP contribution in [-0.4, -0.2) is 50.6 Å². The summed E-state index contributed by atoms with van der Waals surface area (Å²) in [5.41, 5.74) is -0.165. The Labute approximate surface area is 206 Å². The number of aliphatic hydroxyl groups is 4. The molecule has 0 amide bonds. The molecule has 0 radical (unpaired) electrons. The molecule has 4 rings (SSSR count). The molecule has 0 saturated heterocycles. The van der Waals surface area contributed by atoms with Crippen molar-refractivity contribution in [2.75, 3.05) is 0 Å². The maximum absolute atomic E-state index is 13.4. The molecule has 0 aromatic rings. The Morgan fingerprint density at radius 1 is 0.941 bits per heavy atom. The Kier molecular flexibility index (Phi) is 7.37. The molecule has 5 nitrogen and oxygen atoms in total. The molecule has 0 heterocycles. The van der Waals surface area contributed by atoms with Crippen LogP contribution >= 0.6 is 0 Å². The summed E-state index contributed by atoms with van der Waals surface area (Å²) in [5, 5.41) is 43.1. The van der Waals surface area contributed by atoms with Crippen LogP contribution in [0.2, 0.25) is 0 Å². The lowest BCUT2D eigenvalue weighted by Gasteiger charge is -2.61. The summed E-state index contributed by atoms with van der Waals surface area (Å²) in [7, 11) is 0. The molecule has 4 unspecified atom stereocenters. The smallest absolute Gasteiger partial charge is 0.136 e. The van der Waals surface area contributed by atoms with Crippen molar-refractivity contribution < 1.29 is 25.2 Å². The lowest BCUT2D eigenvalue weighted by atomic mass is 9.44. The fourth-order valence-electron chi connectivity index (χ4n) is 9.89. The lowest BCUT2D eigenvalue weighted by Crippen LogP contribution is -2.59. The van der Waals surface area contributed by atoms with Gasteiger partial charge in [0, 0.05) is 12.3 Å². The van der Waals surface area contributed by atoms with Crippen molar-refractivity contribution >= 4 is 5.78 Å². The maximum Gasteiger partial charge on any atom is 0.136 e. The summed E-state index contributed by atoms with van der Waals surface area (Å²) in [6, 6.07) is 0. The number of aliphatic hydroxyl groups excluding tert-OH is 4. The molecule has 34 heavy (non-hydrogen) atoms. The monoisotopic (exact) mass is 478 g/mol. The Hall–Kier alpha value is -0.490. The van der Waals surface area contributed by atoms with Gasteiger partial charge < -0.3 is 20.4 Å². The summed E-state index contributed by atoms with van der Waals surface area (Å²) < 4.78 is 0. The van der Waals surface area contributed by atoms with Gasteiger partial charge in [-0.15, -0.1) is 0 Å². The van der Waals surface area contributed by atoms with Gasteiger partial charge in [0.25, 0.3) is 0 Å². The van der Waals surface area contributed by atoms with Crippen LogP contribution in [0.15, 0.2) is 0 Å². The second-order valence-corrected chi connectivity index (χ2v) is 13.6. The number of hydrogen-bond acceptors (Lipinski definition) is 5. The van der Waals surface area contributed by atoms with Gasteiger partial charge in [0.1, 0.15) is 5.78 Å². The first-order chi connectivity index (χ1) is 15.9. The van der Waals surface area contributed by atoms with Gasteiger partial charge in [-0.25, -0.2) is 0 Å². The van der Waals surface area contributed by atoms with Crippen molar-refractivity contribution in [2.45, 2.75) is 117 Å². The zero-order valence-corrected chi connectivity index (χ0v) is 22.3. The van der Waals surface area contributed by atoms with E-state index in [0.717, 1.165) is 32.1 Å². The van der Waals surface area contributed by atoms with Gasteiger partial charge in [-0.3, -0.25) is 4.79 Å². The van der Waals surface area contributed by atoms with Gasteiger partial charge in [-0.1, -0.05) is 48.0 Å². The minimum absolute atomic E-state index is 0.0172. The summed E-state index contributed by atoms with van der Waals surface area (Å²) in [6.45, 7) is 13.1. The molecule has 4 aliphatic rings. The maximum atomic E-state index is 13.4. The average molecular weight is 479 g/mol. The normalized spacial score (nSPS) is 48.0. The van der Waals surface area contributed by atoms with Gasteiger partial charge in [0.05, 0.1) is 24.4 Å². The van der Waals surface area contributed by atoms with E-state index < -0.39 is 24.4 Å². The molecule has 5 heteroatoms. The first-order valence-electron chi connectivity index (χ1n) is 14.1. The van der Waals surface area contributed by atoms with Crippen LogP contribution in [-0.2, 0) is 4.79 Å². The Morgan fingerprint density at radius 3 is 2.21 bits per heavy atom. The third-order valence-electron chi connectivity index (χ3n) is 11.8. The van der Waals surface area contributed by atoms with Crippen molar-refractivity contribution in [3.05, 3.63) is 0 Å². The molecule has 0 bridgehead atoms. The predicted molar refractivity (Wildman–Crippen MR) is 133 cm³/mol. The van der Waals surface area contributed by atoms with Crippen molar-refractivity contribution in [3.8, 4) is 0 Å². The van der Waals surface area contributed by atoms with Crippen molar-refractivity contribution in [1.29, 1.82) is 0 Å². The third-order valence-corrected chi connectivity index (χ3v) is 11.8. The van der Waals surface area contributed by atoms with Gasteiger partial charge >= 0.3 is 0 Å². The fourth-order valence-corrected chi connectivity index (χ4v) is 9.89. The zero-order chi connectivity index (χ0) is 25.2. The number of hydrogen-bond donors (Lipinski definition) is 4. The third kappa shape index (κ3) is 4.01. The minimum Gasteiger partial charge on any atom is -0.390 e. The van der Waals surface area contributed by atoms with Crippen LogP contribution in [0.4, 0.5) is 0 Å². The number of ketones is 1.